The molecule has 0 aromatic heterocycles. The van der Waals surface area contributed by atoms with Crippen molar-refractivity contribution in [3.05, 3.63) is 26.1 Å². The van der Waals surface area contributed by atoms with Gasteiger partial charge in [0.05, 0.1) is 16.7 Å². The Hall–Kier alpha value is 0.330. The molecule has 1 aliphatic rings. The van der Waals surface area contributed by atoms with Gasteiger partial charge in [-0.3, -0.25) is 0 Å². The van der Waals surface area contributed by atoms with Gasteiger partial charge in [0.25, 0.3) is 0 Å². The lowest BCUT2D eigenvalue weighted by atomic mass is 10.0. The number of ether oxygens (including phenoxy) is 1. The first-order chi connectivity index (χ1) is 6.61. The zero-order valence-corrected chi connectivity index (χ0v) is 11.5. The minimum atomic E-state index is -0.0961. The van der Waals surface area contributed by atoms with Crippen molar-refractivity contribution in [1.29, 1.82) is 0 Å². The topological polar surface area (TPSA) is 35.2 Å². The van der Waals surface area contributed by atoms with Crippen molar-refractivity contribution < 1.29 is 4.74 Å². The van der Waals surface area contributed by atoms with Gasteiger partial charge >= 0.3 is 0 Å². The molecule has 1 heterocycles. The molecule has 0 saturated heterocycles. The molecule has 0 fully saturated rings. The van der Waals surface area contributed by atoms with Crippen molar-refractivity contribution in [2.45, 2.75) is 12.5 Å². The van der Waals surface area contributed by atoms with Crippen molar-refractivity contribution in [2.24, 2.45) is 5.73 Å². The van der Waals surface area contributed by atoms with E-state index in [4.69, 9.17) is 33.7 Å². The van der Waals surface area contributed by atoms with Gasteiger partial charge in [0.15, 0.2) is 0 Å². The number of fused-ring (bicyclic) bond motifs is 1. The van der Waals surface area contributed by atoms with E-state index < -0.39 is 0 Å². The zero-order chi connectivity index (χ0) is 10.3. The summed E-state index contributed by atoms with van der Waals surface area (Å²) in [6.07, 6.45) is 0.763. The summed E-state index contributed by atoms with van der Waals surface area (Å²) in [6, 6.07) is 1.63. The molecule has 0 radical (unpaired) electrons. The molecule has 1 aromatic carbocycles. The van der Waals surface area contributed by atoms with Gasteiger partial charge in [-0.25, -0.2) is 0 Å². The molecule has 2 nitrogen and oxygen atoms in total. The molecule has 0 unspecified atom stereocenters. The Bertz CT molecular complexity index is 386. The molecule has 0 bridgehead atoms. The van der Waals surface area contributed by atoms with E-state index >= 15 is 0 Å². The van der Waals surface area contributed by atoms with E-state index in [1.807, 2.05) is 0 Å². The molecule has 0 aliphatic carbocycles. The molecule has 0 amide bonds. The van der Waals surface area contributed by atoms with Gasteiger partial charge in [-0.2, -0.15) is 0 Å². The summed E-state index contributed by atoms with van der Waals surface area (Å²) in [5.41, 5.74) is 6.74. The second-order valence-corrected chi connectivity index (χ2v) is 4.78. The maximum atomic E-state index is 6.11. The van der Waals surface area contributed by atoms with Crippen LogP contribution in [0.3, 0.4) is 0 Å². The van der Waals surface area contributed by atoms with Crippen LogP contribution in [0, 0.1) is 0 Å². The van der Waals surface area contributed by atoms with E-state index in [1.165, 1.54) is 0 Å². The third-order valence-electron chi connectivity index (χ3n) is 2.21. The van der Waals surface area contributed by atoms with E-state index in [9.17, 15) is 0 Å². The molecule has 15 heavy (non-hydrogen) atoms. The second kappa shape index (κ2) is 5.11. The molecular weight excluding hydrogens is 324 g/mol. The largest absolute Gasteiger partial charge is 0.492 e. The van der Waals surface area contributed by atoms with Gasteiger partial charge in [-0.05, 0) is 22.0 Å². The van der Waals surface area contributed by atoms with Crippen molar-refractivity contribution >= 4 is 51.5 Å². The van der Waals surface area contributed by atoms with E-state index in [1.54, 1.807) is 6.07 Å². The van der Waals surface area contributed by atoms with Gasteiger partial charge in [-0.15, -0.1) is 12.4 Å². The lowest BCUT2D eigenvalue weighted by Gasteiger charge is -2.25. The minimum Gasteiger partial charge on any atom is -0.492 e. The fourth-order valence-corrected chi connectivity index (χ4v) is 2.63. The maximum Gasteiger partial charge on any atom is 0.144 e. The fraction of sp³-hybridized carbons (Fsp3) is 0.333. The molecular formula is C9H9BrCl3NO. The molecule has 2 N–H and O–H groups in total. The summed E-state index contributed by atoms with van der Waals surface area (Å²) in [4.78, 5) is 0. The maximum absolute atomic E-state index is 6.11. The first kappa shape index (κ1) is 13.4. The molecule has 0 spiro atoms. The average molecular weight is 333 g/mol. The Morgan fingerprint density at radius 2 is 2.13 bits per heavy atom. The Balaban J connectivity index is 0.00000112. The first-order valence-electron chi connectivity index (χ1n) is 4.17. The third-order valence-corrected chi connectivity index (χ3v) is 3.75. The highest BCUT2D eigenvalue weighted by Gasteiger charge is 2.25. The van der Waals surface area contributed by atoms with Crippen molar-refractivity contribution in [3.8, 4) is 5.75 Å². The second-order valence-electron chi connectivity index (χ2n) is 3.14. The SMILES string of the molecule is Cl.N[C@@H]1CCOc2c(Cl)cc(Br)c(Cl)c21. The molecule has 1 aromatic rings. The number of nitrogens with two attached hydrogens (primary N) is 1. The first-order valence-corrected chi connectivity index (χ1v) is 5.72. The molecule has 0 saturated carbocycles. The summed E-state index contributed by atoms with van der Waals surface area (Å²) in [5.74, 6) is 0.624. The van der Waals surface area contributed by atoms with E-state index in [0.29, 0.717) is 22.4 Å². The number of hydrogen-bond acceptors (Lipinski definition) is 2. The summed E-state index contributed by atoms with van der Waals surface area (Å²) < 4.78 is 6.20. The number of halogens is 4. The molecule has 84 valence electrons. The monoisotopic (exact) mass is 331 g/mol. The smallest absolute Gasteiger partial charge is 0.144 e. The van der Waals surface area contributed by atoms with Gasteiger partial charge in [0.1, 0.15) is 5.75 Å². The van der Waals surface area contributed by atoms with E-state index in [2.05, 4.69) is 15.9 Å². The third kappa shape index (κ3) is 2.37. The Morgan fingerprint density at radius 1 is 1.47 bits per heavy atom. The van der Waals surface area contributed by atoms with Crippen molar-refractivity contribution in [3.63, 3.8) is 0 Å². The number of rotatable bonds is 0. The fourth-order valence-electron chi connectivity index (χ4n) is 1.51. The average Bonchev–Trinajstić information content (AvgIpc) is 2.14. The van der Waals surface area contributed by atoms with Gasteiger partial charge in [0, 0.05) is 22.5 Å². The summed E-state index contributed by atoms with van der Waals surface area (Å²) in [5, 5.41) is 1.14. The van der Waals surface area contributed by atoms with Crippen LogP contribution in [0.5, 0.6) is 5.75 Å². The van der Waals surface area contributed by atoms with Crippen LogP contribution in [0.25, 0.3) is 0 Å². The standard InChI is InChI=1S/C9H8BrCl2NO.ClH/c10-4-3-5(11)9-7(8(4)12)6(13)1-2-14-9;/h3,6H,1-2,13H2;1H/t6-;/m1./s1. The normalized spacial score (nSPS) is 18.8. The van der Waals surface area contributed by atoms with Crippen LogP contribution in [-0.2, 0) is 0 Å². The highest BCUT2D eigenvalue weighted by molar-refractivity contribution is 9.10. The molecule has 1 aliphatic heterocycles. The lowest BCUT2D eigenvalue weighted by molar-refractivity contribution is 0.269. The van der Waals surface area contributed by atoms with Crippen LogP contribution in [0.1, 0.15) is 18.0 Å². The number of benzene rings is 1. The predicted molar refractivity (Wildman–Crippen MR) is 68.5 cm³/mol. The molecule has 1 atom stereocenters. The predicted octanol–water partition coefficient (Wildman–Crippen LogP) is 3.96. The lowest BCUT2D eigenvalue weighted by Crippen LogP contribution is -2.21. The van der Waals surface area contributed by atoms with Crippen LogP contribution in [0.15, 0.2) is 10.5 Å². The van der Waals surface area contributed by atoms with Crippen LogP contribution in [-0.4, -0.2) is 6.61 Å². The minimum absolute atomic E-state index is 0. The van der Waals surface area contributed by atoms with E-state index in [0.717, 1.165) is 16.5 Å². The van der Waals surface area contributed by atoms with Crippen molar-refractivity contribution in [1.82, 2.24) is 0 Å². The molecule has 2 rings (SSSR count). The van der Waals surface area contributed by atoms with E-state index in [-0.39, 0.29) is 18.4 Å². The highest BCUT2D eigenvalue weighted by atomic mass is 79.9. The summed E-state index contributed by atoms with van der Waals surface area (Å²) >= 11 is 15.5. The van der Waals surface area contributed by atoms with Crippen LogP contribution >= 0.6 is 51.5 Å². The van der Waals surface area contributed by atoms with Crippen LogP contribution in [0.4, 0.5) is 0 Å². The van der Waals surface area contributed by atoms with Gasteiger partial charge < -0.3 is 10.5 Å². The van der Waals surface area contributed by atoms with Crippen molar-refractivity contribution in [2.75, 3.05) is 6.61 Å². The highest BCUT2D eigenvalue weighted by Crippen LogP contribution is 2.44. The molecule has 6 heteroatoms. The quantitative estimate of drug-likeness (QED) is 0.730. The van der Waals surface area contributed by atoms with Crippen LogP contribution in [0.2, 0.25) is 10.0 Å². The zero-order valence-electron chi connectivity index (χ0n) is 7.60. The Kier molecular flexibility index (Phi) is 4.56. The Labute approximate surface area is 113 Å². The summed E-state index contributed by atoms with van der Waals surface area (Å²) in [6.45, 7) is 0.589. The van der Waals surface area contributed by atoms with Gasteiger partial charge in [-0.1, -0.05) is 23.2 Å². The van der Waals surface area contributed by atoms with Gasteiger partial charge in [0.2, 0.25) is 0 Å². The van der Waals surface area contributed by atoms with Crippen LogP contribution < -0.4 is 10.5 Å². The number of hydrogen-bond donors (Lipinski definition) is 1. The Morgan fingerprint density at radius 3 is 2.80 bits per heavy atom. The summed E-state index contributed by atoms with van der Waals surface area (Å²) in [7, 11) is 0.